The summed E-state index contributed by atoms with van der Waals surface area (Å²) in [7, 11) is 1.73. The summed E-state index contributed by atoms with van der Waals surface area (Å²) in [5.41, 5.74) is 0.00735. The maximum Gasteiger partial charge on any atom is 0.416 e. The van der Waals surface area contributed by atoms with Crippen molar-refractivity contribution in [1.82, 2.24) is 19.9 Å². The lowest BCUT2D eigenvalue weighted by molar-refractivity contribution is -0.137. The lowest BCUT2D eigenvalue weighted by atomic mass is 9.84. The van der Waals surface area contributed by atoms with Crippen molar-refractivity contribution in [2.45, 2.75) is 24.4 Å². The predicted octanol–water partition coefficient (Wildman–Crippen LogP) is 2.54. The van der Waals surface area contributed by atoms with Crippen LogP contribution in [-0.2, 0) is 10.9 Å². The van der Waals surface area contributed by atoms with E-state index in [-0.39, 0.29) is 24.5 Å². The third-order valence-electron chi connectivity index (χ3n) is 6.27. The van der Waals surface area contributed by atoms with Crippen molar-refractivity contribution in [3.8, 4) is 0 Å². The van der Waals surface area contributed by atoms with Gasteiger partial charge >= 0.3 is 12.2 Å². The van der Waals surface area contributed by atoms with Gasteiger partial charge in [0, 0.05) is 45.7 Å². The SMILES string of the molecule is CN(CCO)c1noc(C2CC(c3ccc(C(F)(F)F)cc3)CN(C(=O)N3CCOCC3)C2)n1. The average molecular weight is 483 g/mol. The highest BCUT2D eigenvalue weighted by Crippen LogP contribution is 2.37. The van der Waals surface area contributed by atoms with Gasteiger partial charge in [0.2, 0.25) is 5.89 Å². The molecule has 0 saturated carbocycles. The van der Waals surface area contributed by atoms with Crippen LogP contribution in [-0.4, -0.2) is 90.7 Å². The standard InChI is InChI=1S/C22H28F3N5O4/c1-28(6-9-31)20-26-19(34-27-20)17-12-16(15-2-4-18(5-3-15)22(23,24)25)13-30(14-17)21(32)29-7-10-33-11-8-29/h2-5,16-17,31H,6-14H2,1H3. The number of amides is 2. The summed E-state index contributed by atoms with van der Waals surface area (Å²) in [6.45, 7) is 2.91. The minimum Gasteiger partial charge on any atom is -0.395 e. The first kappa shape index (κ1) is 24.3. The molecule has 0 spiro atoms. The number of carbonyl (C=O) groups is 1. The van der Waals surface area contributed by atoms with Gasteiger partial charge in [-0.3, -0.25) is 0 Å². The number of ether oxygens (including phenoxy) is 1. The molecule has 12 heteroatoms. The molecule has 9 nitrogen and oxygen atoms in total. The second-order valence-corrected chi connectivity index (χ2v) is 8.61. The number of halogens is 3. The smallest absolute Gasteiger partial charge is 0.395 e. The van der Waals surface area contributed by atoms with Crippen LogP contribution >= 0.6 is 0 Å². The number of rotatable bonds is 5. The molecule has 1 aromatic heterocycles. The fraction of sp³-hybridized carbons (Fsp3) is 0.591. The van der Waals surface area contributed by atoms with Crippen molar-refractivity contribution in [1.29, 1.82) is 0 Å². The Morgan fingerprint density at radius 3 is 2.47 bits per heavy atom. The highest BCUT2D eigenvalue weighted by atomic mass is 19.4. The maximum absolute atomic E-state index is 13.2. The topological polar surface area (TPSA) is 95.2 Å². The van der Waals surface area contributed by atoms with Crippen molar-refractivity contribution in [3.63, 3.8) is 0 Å². The van der Waals surface area contributed by atoms with Crippen molar-refractivity contribution in [3.05, 3.63) is 41.3 Å². The van der Waals surface area contributed by atoms with Gasteiger partial charge in [0.15, 0.2) is 0 Å². The molecule has 2 aliphatic heterocycles. The number of hydrogen-bond acceptors (Lipinski definition) is 7. The molecular weight excluding hydrogens is 455 g/mol. The van der Waals surface area contributed by atoms with Crippen molar-refractivity contribution >= 4 is 12.0 Å². The second-order valence-electron chi connectivity index (χ2n) is 8.61. The van der Waals surface area contributed by atoms with Gasteiger partial charge < -0.3 is 29.1 Å². The number of likely N-dealkylation sites (N-methyl/N-ethyl adjacent to an activating group) is 1. The van der Waals surface area contributed by atoms with Crippen LogP contribution in [0.2, 0.25) is 0 Å². The van der Waals surface area contributed by atoms with Gasteiger partial charge in [0.1, 0.15) is 0 Å². The van der Waals surface area contributed by atoms with Crippen molar-refractivity contribution in [2.24, 2.45) is 0 Å². The average Bonchev–Trinajstić information content (AvgIpc) is 3.34. The molecule has 0 aliphatic carbocycles. The van der Waals surface area contributed by atoms with Crippen molar-refractivity contribution < 1.29 is 32.3 Å². The number of aliphatic hydroxyl groups excluding tert-OH is 1. The second kappa shape index (κ2) is 10.2. The van der Waals surface area contributed by atoms with Crippen LogP contribution in [0.4, 0.5) is 23.9 Å². The van der Waals surface area contributed by atoms with E-state index in [9.17, 15) is 18.0 Å². The summed E-state index contributed by atoms with van der Waals surface area (Å²) < 4.78 is 49.9. The molecule has 4 rings (SSSR count). The van der Waals surface area contributed by atoms with E-state index in [0.717, 1.165) is 17.7 Å². The molecule has 2 amide bonds. The molecule has 1 aromatic carbocycles. The number of alkyl halides is 3. The highest BCUT2D eigenvalue weighted by Gasteiger charge is 2.37. The van der Waals surface area contributed by atoms with E-state index in [4.69, 9.17) is 14.4 Å². The molecule has 2 unspecified atom stereocenters. The quantitative estimate of drug-likeness (QED) is 0.699. The van der Waals surface area contributed by atoms with Crippen molar-refractivity contribution in [2.75, 3.05) is 64.5 Å². The minimum atomic E-state index is -4.41. The fourth-order valence-electron chi connectivity index (χ4n) is 4.37. The maximum atomic E-state index is 13.2. The zero-order chi connectivity index (χ0) is 24.3. The zero-order valence-electron chi connectivity index (χ0n) is 18.9. The number of carbonyl (C=O) groups excluding carboxylic acids is 1. The zero-order valence-corrected chi connectivity index (χ0v) is 18.9. The van der Waals surface area contributed by atoms with Gasteiger partial charge in [-0.05, 0) is 29.3 Å². The Hall–Kier alpha value is -2.86. The van der Waals surface area contributed by atoms with E-state index in [1.807, 2.05) is 0 Å². The minimum absolute atomic E-state index is 0.0678. The van der Waals surface area contributed by atoms with Gasteiger partial charge in [-0.15, -0.1) is 0 Å². The number of benzene rings is 1. The molecule has 2 aromatic rings. The monoisotopic (exact) mass is 483 g/mol. The summed E-state index contributed by atoms with van der Waals surface area (Å²) in [4.78, 5) is 22.8. The van der Waals surface area contributed by atoms with Gasteiger partial charge in [0.25, 0.3) is 5.95 Å². The van der Waals surface area contributed by atoms with Gasteiger partial charge in [-0.25, -0.2) is 4.79 Å². The van der Waals surface area contributed by atoms with Crippen LogP contribution < -0.4 is 4.90 Å². The molecule has 0 radical (unpaired) electrons. The Bertz CT molecular complexity index is 962. The van der Waals surface area contributed by atoms with E-state index < -0.39 is 11.7 Å². The molecule has 2 fully saturated rings. The normalized spacial score (nSPS) is 21.6. The molecule has 3 heterocycles. The Balaban J connectivity index is 1.58. The molecule has 2 atom stereocenters. The van der Waals surface area contributed by atoms with Crippen LogP contribution in [0.3, 0.4) is 0 Å². The lowest BCUT2D eigenvalue weighted by Crippen LogP contribution is -2.52. The van der Waals surface area contributed by atoms with Crippen LogP contribution in [0.5, 0.6) is 0 Å². The van der Waals surface area contributed by atoms with Gasteiger partial charge in [-0.1, -0.05) is 12.1 Å². The van der Waals surface area contributed by atoms with Gasteiger partial charge in [0.05, 0.1) is 31.3 Å². The summed E-state index contributed by atoms with van der Waals surface area (Å²) in [6.07, 6.45) is -3.86. The molecule has 2 aliphatic rings. The van der Waals surface area contributed by atoms with Crippen LogP contribution in [0, 0.1) is 0 Å². The molecule has 0 bridgehead atoms. The highest BCUT2D eigenvalue weighted by molar-refractivity contribution is 5.75. The predicted molar refractivity (Wildman–Crippen MR) is 116 cm³/mol. The first-order valence-electron chi connectivity index (χ1n) is 11.2. The molecule has 34 heavy (non-hydrogen) atoms. The molecule has 2 saturated heterocycles. The van der Waals surface area contributed by atoms with Gasteiger partial charge in [-0.2, -0.15) is 18.2 Å². The number of anilines is 1. The number of aliphatic hydroxyl groups is 1. The summed E-state index contributed by atoms with van der Waals surface area (Å²) >= 11 is 0. The number of urea groups is 1. The molecule has 1 N–H and O–H groups in total. The summed E-state index contributed by atoms with van der Waals surface area (Å²) in [5, 5.41) is 13.1. The Morgan fingerprint density at radius 1 is 1.15 bits per heavy atom. The Kier molecular flexibility index (Phi) is 7.27. The lowest BCUT2D eigenvalue weighted by Gasteiger charge is -2.40. The number of aromatic nitrogens is 2. The fourth-order valence-corrected chi connectivity index (χ4v) is 4.37. The molecular formula is C22H28F3N5O4. The third-order valence-corrected chi connectivity index (χ3v) is 6.27. The third kappa shape index (κ3) is 5.44. The van der Waals surface area contributed by atoms with E-state index in [1.165, 1.54) is 12.1 Å². The number of morpholine rings is 1. The van der Waals surface area contributed by atoms with E-state index in [2.05, 4.69) is 10.1 Å². The number of hydrogen-bond donors (Lipinski definition) is 1. The first-order valence-corrected chi connectivity index (χ1v) is 11.2. The number of piperidine rings is 1. The summed E-state index contributed by atoms with van der Waals surface area (Å²) in [5.74, 6) is 0.203. The summed E-state index contributed by atoms with van der Waals surface area (Å²) in [6, 6.07) is 4.95. The molecule has 186 valence electrons. The van der Waals surface area contributed by atoms with E-state index >= 15 is 0 Å². The largest absolute Gasteiger partial charge is 0.416 e. The Labute approximate surface area is 195 Å². The number of likely N-dealkylation sites (tertiary alicyclic amines) is 1. The first-order chi connectivity index (χ1) is 16.3. The number of nitrogens with zero attached hydrogens (tertiary/aromatic N) is 5. The van der Waals surface area contributed by atoms with E-state index in [0.29, 0.717) is 64.2 Å². The van der Waals surface area contributed by atoms with Crippen LogP contribution in [0.15, 0.2) is 28.8 Å². The Morgan fingerprint density at radius 2 is 1.82 bits per heavy atom. The van der Waals surface area contributed by atoms with E-state index in [1.54, 1.807) is 21.7 Å². The van der Waals surface area contributed by atoms with Crippen LogP contribution in [0.25, 0.3) is 0 Å². The van der Waals surface area contributed by atoms with Crippen LogP contribution in [0.1, 0.15) is 35.3 Å².